The standard InChI is InChI=1S/C28H30F3NO4/c1-2-3-4-5-16-6-17-8-23(29)21(10-25(17)33-12-16)20-14-35-28(36-15-20)19-7-18-9-24(30)22(11-32)26(31)27(18)34-13-19/h8-10,16,19-20,28H,2-7,12-15H2,1H3/t16-,19-,20?,28?/m1/s1. The van der Waals surface area contributed by atoms with E-state index in [1.807, 2.05) is 0 Å². The number of unbranched alkanes of at least 4 members (excludes halogenated alkanes) is 2. The predicted molar refractivity (Wildman–Crippen MR) is 125 cm³/mol. The normalized spacial score (nSPS) is 25.2. The quantitative estimate of drug-likeness (QED) is 0.467. The molecule has 1 saturated heterocycles. The molecule has 8 heteroatoms. The van der Waals surface area contributed by atoms with Crippen LogP contribution in [0.2, 0.25) is 0 Å². The molecular weight excluding hydrogens is 471 g/mol. The van der Waals surface area contributed by atoms with Crippen molar-refractivity contribution in [1.82, 2.24) is 0 Å². The Kier molecular flexibility index (Phi) is 7.40. The zero-order chi connectivity index (χ0) is 25.2. The van der Waals surface area contributed by atoms with E-state index in [4.69, 9.17) is 24.2 Å². The lowest BCUT2D eigenvalue weighted by atomic mass is 9.89. The molecular formula is C28H30F3NO4. The van der Waals surface area contributed by atoms with E-state index in [2.05, 4.69) is 6.92 Å². The fraction of sp³-hybridized carbons (Fsp3) is 0.536. The van der Waals surface area contributed by atoms with Crippen LogP contribution in [0.3, 0.4) is 0 Å². The van der Waals surface area contributed by atoms with Gasteiger partial charge in [0.2, 0.25) is 0 Å². The summed E-state index contributed by atoms with van der Waals surface area (Å²) in [5.74, 6) is -1.69. The molecule has 5 nitrogen and oxygen atoms in total. The molecule has 192 valence electrons. The lowest BCUT2D eigenvalue weighted by molar-refractivity contribution is -0.218. The predicted octanol–water partition coefficient (Wildman–Crippen LogP) is 5.81. The molecule has 0 bridgehead atoms. The molecule has 2 aromatic rings. The van der Waals surface area contributed by atoms with Gasteiger partial charge in [-0.15, -0.1) is 0 Å². The van der Waals surface area contributed by atoms with E-state index in [1.165, 1.54) is 25.3 Å². The van der Waals surface area contributed by atoms with Gasteiger partial charge < -0.3 is 18.9 Å². The van der Waals surface area contributed by atoms with Gasteiger partial charge in [0.1, 0.15) is 29.0 Å². The number of nitriles is 1. The van der Waals surface area contributed by atoms with Gasteiger partial charge in [0, 0.05) is 17.4 Å². The Labute approximate surface area is 209 Å². The Hall–Kier alpha value is -2.76. The van der Waals surface area contributed by atoms with Gasteiger partial charge in [0.05, 0.1) is 26.4 Å². The summed E-state index contributed by atoms with van der Waals surface area (Å²) in [4.78, 5) is 0. The number of fused-ring (bicyclic) bond motifs is 2. The van der Waals surface area contributed by atoms with Crippen molar-refractivity contribution < 1.29 is 32.1 Å². The third-order valence-electron chi connectivity index (χ3n) is 7.41. The van der Waals surface area contributed by atoms with Crippen molar-refractivity contribution >= 4 is 0 Å². The van der Waals surface area contributed by atoms with Crippen LogP contribution in [-0.2, 0) is 22.3 Å². The highest BCUT2D eigenvalue weighted by Crippen LogP contribution is 2.38. The second kappa shape index (κ2) is 10.7. The largest absolute Gasteiger partial charge is 0.493 e. The summed E-state index contributed by atoms with van der Waals surface area (Å²) in [5, 5.41) is 8.95. The number of hydrogen-bond acceptors (Lipinski definition) is 5. The number of halogens is 3. The maximum atomic E-state index is 15.1. The van der Waals surface area contributed by atoms with Crippen LogP contribution in [0.25, 0.3) is 0 Å². The van der Waals surface area contributed by atoms with Gasteiger partial charge in [0.15, 0.2) is 17.9 Å². The van der Waals surface area contributed by atoms with Crippen LogP contribution in [0.1, 0.15) is 60.8 Å². The lowest BCUT2D eigenvalue weighted by Gasteiger charge is -2.36. The molecule has 0 aliphatic carbocycles. The topological polar surface area (TPSA) is 60.7 Å². The van der Waals surface area contributed by atoms with E-state index in [0.29, 0.717) is 23.7 Å². The van der Waals surface area contributed by atoms with Crippen LogP contribution in [-0.4, -0.2) is 32.7 Å². The van der Waals surface area contributed by atoms with Gasteiger partial charge in [-0.2, -0.15) is 5.26 Å². The van der Waals surface area contributed by atoms with Gasteiger partial charge in [0.25, 0.3) is 0 Å². The summed E-state index contributed by atoms with van der Waals surface area (Å²) in [6, 6.07) is 6.03. The van der Waals surface area contributed by atoms with Crippen LogP contribution >= 0.6 is 0 Å². The number of hydrogen-bond donors (Lipinski definition) is 0. The maximum Gasteiger partial charge on any atom is 0.186 e. The Morgan fingerprint density at radius 3 is 2.44 bits per heavy atom. The zero-order valence-corrected chi connectivity index (χ0v) is 20.3. The third-order valence-corrected chi connectivity index (χ3v) is 7.41. The maximum absolute atomic E-state index is 15.1. The smallest absolute Gasteiger partial charge is 0.186 e. The van der Waals surface area contributed by atoms with Crippen molar-refractivity contribution in [3.63, 3.8) is 0 Å². The van der Waals surface area contributed by atoms with Crippen molar-refractivity contribution in [2.45, 2.75) is 57.7 Å². The molecule has 0 spiro atoms. The molecule has 0 N–H and O–H groups in total. The molecule has 2 aromatic carbocycles. The number of nitrogens with zero attached hydrogens (tertiary/aromatic N) is 1. The minimum Gasteiger partial charge on any atom is -0.493 e. The number of benzene rings is 2. The number of ether oxygens (including phenoxy) is 4. The summed E-state index contributed by atoms with van der Waals surface area (Å²) >= 11 is 0. The molecule has 0 unspecified atom stereocenters. The molecule has 0 saturated carbocycles. The molecule has 0 radical (unpaired) electrons. The summed E-state index contributed by atoms with van der Waals surface area (Å²) < 4.78 is 66.9. The first kappa shape index (κ1) is 24.9. The first-order valence-electron chi connectivity index (χ1n) is 12.7. The van der Waals surface area contributed by atoms with Crippen molar-refractivity contribution in [2.75, 3.05) is 26.4 Å². The van der Waals surface area contributed by atoms with Crippen LogP contribution in [0.4, 0.5) is 13.2 Å². The molecule has 0 amide bonds. The molecule has 3 aliphatic rings. The Morgan fingerprint density at radius 1 is 0.917 bits per heavy atom. The molecule has 3 heterocycles. The highest BCUT2D eigenvalue weighted by atomic mass is 19.1. The third kappa shape index (κ3) is 4.91. The molecule has 1 fully saturated rings. The van der Waals surface area contributed by atoms with Crippen molar-refractivity contribution in [2.24, 2.45) is 11.8 Å². The van der Waals surface area contributed by atoms with Crippen LogP contribution in [0.15, 0.2) is 18.2 Å². The van der Waals surface area contributed by atoms with E-state index >= 15 is 4.39 Å². The van der Waals surface area contributed by atoms with Crippen molar-refractivity contribution in [3.05, 3.63) is 57.9 Å². The Morgan fingerprint density at radius 2 is 1.69 bits per heavy atom. The summed E-state index contributed by atoms with van der Waals surface area (Å²) in [5.41, 5.74) is 1.11. The average Bonchev–Trinajstić information content (AvgIpc) is 2.88. The second-order valence-corrected chi connectivity index (χ2v) is 10.0. The minimum atomic E-state index is -0.978. The molecule has 5 rings (SSSR count). The molecule has 2 atom stereocenters. The fourth-order valence-electron chi connectivity index (χ4n) is 5.40. The Bertz CT molecular complexity index is 1160. The zero-order valence-electron chi connectivity index (χ0n) is 20.3. The van der Waals surface area contributed by atoms with Gasteiger partial charge in [-0.3, -0.25) is 0 Å². The fourth-order valence-corrected chi connectivity index (χ4v) is 5.40. The van der Waals surface area contributed by atoms with Gasteiger partial charge in [-0.05, 0) is 54.5 Å². The highest BCUT2D eigenvalue weighted by molar-refractivity contribution is 5.46. The average molecular weight is 502 g/mol. The Balaban J connectivity index is 1.21. The SMILES string of the molecule is CCCCC[C@H]1COc2cc(C3COC([C@H]4COc5c(cc(F)c(C#N)c5F)C4)OC3)c(F)cc2C1. The minimum absolute atomic E-state index is 0.0957. The summed E-state index contributed by atoms with van der Waals surface area (Å²) in [6.45, 7) is 3.44. The van der Waals surface area contributed by atoms with Crippen LogP contribution in [0.5, 0.6) is 11.5 Å². The van der Waals surface area contributed by atoms with Crippen LogP contribution < -0.4 is 9.47 Å². The van der Waals surface area contributed by atoms with Crippen molar-refractivity contribution in [1.29, 1.82) is 5.26 Å². The first-order chi connectivity index (χ1) is 17.5. The molecule has 3 aliphatic heterocycles. The monoisotopic (exact) mass is 501 g/mol. The van der Waals surface area contributed by atoms with Crippen LogP contribution in [0, 0.1) is 40.6 Å². The summed E-state index contributed by atoms with van der Waals surface area (Å²) in [6.07, 6.45) is 5.11. The first-order valence-corrected chi connectivity index (χ1v) is 12.7. The number of rotatable bonds is 6. The van der Waals surface area contributed by atoms with Gasteiger partial charge in [-0.1, -0.05) is 26.2 Å². The summed E-state index contributed by atoms with van der Waals surface area (Å²) in [7, 11) is 0. The second-order valence-electron chi connectivity index (χ2n) is 10.0. The van der Waals surface area contributed by atoms with E-state index in [1.54, 1.807) is 12.1 Å². The highest BCUT2D eigenvalue weighted by Gasteiger charge is 2.36. The van der Waals surface area contributed by atoms with Crippen molar-refractivity contribution in [3.8, 4) is 17.6 Å². The van der Waals surface area contributed by atoms with Gasteiger partial charge in [-0.25, -0.2) is 13.2 Å². The van der Waals surface area contributed by atoms with E-state index in [-0.39, 0.29) is 49.6 Å². The molecule has 0 aromatic heterocycles. The van der Waals surface area contributed by atoms with E-state index < -0.39 is 23.5 Å². The lowest BCUT2D eigenvalue weighted by Crippen LogP contribution is -2.41. The van der Waals surface area contributed by atoms with E-state index in [9.17, 15) is 8.78 Å². The van der Waals surface area contributed by atoms with E-state index in [0.717, 1.165) is 30.2 Å². The molecule has 36 heavy (non-hydrogen) atoms. The van der Waals surface area contributed by atoms with Gasteiger partial charge >= 0.3 is 0 Å².